The summed E-state index contributed by atoms with van der Waals surface area (Å²) in [6.45, 7) is 4.76. The molecule has 1 nitrogen and oxygen atoms in total. The summed E-state index contributed by atoms with van der Waals surface area (Å²) in [6.07, 6.45) is 0. The SMILES string of the molecule is CC1(C)c2ccc(-c3ccc(-c4ccc(N(c5ccc(-c6ccccc6)cc5)c5ccc(-c6ccccc6)cc5)cc4)s3)cc2-c2cc3c(cc21)Sc1ccccc1S3. The third kappa shape index (κ3) is 6.53. The molecule has 1 aliphatic carbocycles. The van der Waals surface area contributed by atoms with Crippen LogP contribution >= 0.6 is 34.9 Å². The molecule has 59 heavy (non-hydrogen) atoms. The number of benzene rings is 8. The van der Waals surface area contributed by atoms with Crippen LogP contribution in [0, 0.1) is 0 Å². The quantitative estimate of drug-likeness (QED) is 0.158. The summed E-state index contributed by atoms with van der Waals surface area (Å²) in [4.78, 5) is 10.3. The number of hydrogen-bond acceptors (Lipinski definition) is 4. The number of hydrogen-bond donors (Lipinski definition) is 0. The first-order valence-electron chi connectivity index (χ1n) is 20.1. The molecular formula is C55H39NS3. The van der Waals surface area contributed by atoms with Crippen LogP contribution in [0.25, 0.3) is 54.3 Å². The van der Waals surface area contributed by atoms with Crippen LogP contribution in [0.5, 0.6) is 0 Å². The molecule has 0 atom stereocenters. The second-order valence-electron chi connectivity index (χ2n) is 15.8. The largest absolute Gasteiger partial charge is 0.311 e. The Kier molecular flexibility index (Phi) is 8.96. The Labute approximate surface area is 359 Å². The maximum Gasteiger partial charge on any atom is 0.0462 e. The molecule has 1 aromatic heterocycles. The number of fused-ring (bicyclic) bond motifs is 5. The first-order chi connectivity index (χ1) is 29.0. The first-order valence-corrected chi connectivity index (χ1v) is 22.5. The summed E-state index contributed by atoms with van der Waals surface area (Å²) in [5.74, 6) is 0. The molecule has 0 N–H and O–H groups in total. The average molecular weight is 810 g/mol. The van der Waals surface area contributed by atoms with E-state index in [0.29, 0.717) is 0 Å². The Morgan fingerprint density at radius 1 is 0.339 bits per heavy atom. The van der Waals surface area contributed by atoms with Crippen molar-refractivity contribution in [2.24, 2.45) is 0 Å². The molecule has 9 aromatic rings. The van der Waals surface area contributed by atoms with Gasteiger partial charge in [0.1, 0.15) is 0 Å². The highest BCUT2D eigenvalue weighted by atomic mass is 32.2. The van der Waals surface area contributed by atoms with E-state index in [1.165, 1.54) is 85.0 Å². The summed E-state index contributed by atoms with van der Waals surface area (Å²) in [7, 11) is 0. The van der Waals surface area contributed by atoms with Crippen LogP contribution in [-0.4, -0.2) is 0 Å². The smallest absolute Gasteiger partial charge is 0.0462 e. The lowest BCUT2D eigenvalue weighted by Gasteiger charge is -2.26. The summed E-state index contributed by atoms with van der Waals surface area (Å²) in [5.41, 5.74) is 16.2. The van der Waals surface area contributed by atoms with Crippen LogP contribution in [0.4, 0.5) is 17.1 Å². The zero-order chi connectivity index (χ0) is 39.5. The molecule has 0 fully saturated rings. The molecule has 0 saturated carbocycles. The normalized spacial score (nSPS) is 13.3. The van der Waals surface area contributed by atoms with Gasteiger partial charge in [-0.3, -0.25) is 0 Å². The predicted molar refractivity (Wildman–Crippen MR) is 253 cm³/mol. The second kappa shape index (κ2) is 14.7. The minimum Gasteiger partial charge on any atom is -0.311 e. The molecular weight excluding hydrogens is 771 g/mol. The lowest BCUT2D eigenvalue weighted by Crippen LogP contribution is -2.15. The van der Waals surface area contributed by atoms with Crippen LogP contribution in [0.3, 0.4) is 0 Å². The second-order valence-corrected chi connectivity index (χ2v) is 19.0. The standard InChI is InChI=1S/C55H39NS3/c1-55(2)47-30-23-41(33-45(47)46-34-53-54(35-48(46)55)59-52-16-10-9-15-51(52)58-53)50-32-31-49(57-50)40-21-28-44(29-22-40)56(42-24-17-38(18-25-42)36-11-5-3-6-12-36)43-26-19-39(20-27-43)37-13-7-4-8-14-37/h3-35H,1-2H3. The number of rotatable bonds is 7. The lowest BCUT2D eigenvalue weighted by atomic mass is 9.82. The van der Waals surface area contributed by atoms with Gasteiger partial charge in [-0.1, -0.05) is 159 Å². The summed E-state index contributed by atoms with van der Waals surface area (Å²) in [5, 5.41) is 0. The molecule has 282 valence electrons. The van der Waals surface area contributed by atoms with Crippen molar-refractivity contribution < 1.29 is 0 Å². The van der Waals surface area contributed by atoms with Gasteiger partial charge >= 0.3 is 0 Å². The van der Waals surface area contributed by atoms with Crippen molar-refractivity contribution in [1.29, 1.82) is 0 Å². The highest BCUT2D eigenvalue weighted by Crippen LogP contribution is 2.56. The molecule has 0 radical (unpaired) electrons. The Bertz CT molecular complexity index is 2900. The zero-order valence-corrected chi connectivity index (χ0v) is 35.2. The minimum atomic E-state index is -0.0511. The van der Waals surface area contributed by atoms with Gasteiger partial charge in [0.05, 0.1) is 0 Å². The fourth-order valence-corrected chi connectivity index (χ4v) is 11.9. The van der Waals surface area contributed by atoms with E-state index in [1.54, 1.807) is 0 Å². The van der Waals surface area contributed by atoms with Crippen molar-refractivity contribution in [1.82, 2.24) is 0 Å². The molecule has 0 spiro atoms. The van der Waals surface area contributed by atoms with Crippen molar-refractivity contribution in [3.63, 3.8) is 0 Å². The van der Waals surface area contributed by atoms with E-state index in [0.717, 1.165) is 17.1 Å². The summed E-state index contributed by atoms with van der Waals surface area (Å²) >= 11 is 5.67. The molecule has 0 saturated heterocycles. The fraction of sp³-hybridized carbons (Fsp3) is 0.0545. The van der Waals surface area contributed by atoms with Gasteiger partial charge in [0.25, 0.3) is 0 Å². The topological polar surface area (TPSA) is 3.24 Å². The first kappa shape index (κ1) is 36.1. The molecule has 11 rings (SSSR count). The molecule has 2 aliphatic rings. The molecule has 4 heteroatoms. The van der Waals surface area contributed by atoms with Crippen molar-refractivity contribution >= 4 is 51.9 Å². The lowest BCUT2D eigenvalue weighted by molar-refractivity contribution is 0.657. The fourth-order valence-electron chi connectivity index (χ4n) is 8.66. The monoisotopic (exact) mass is 809 g/mol. The third-order valence-electron chi connectivity index (χ3n) is 11.8. The van der Waals surface area contributed by atoms with Crippen LogP contribution in [0.1, 0.15) is 25.0 Å². The van der Waals surface area contributed by atoms with E-state index < -0.39 is 0 Å². The predicted octanol–water partition coefficient (Wildman–Crippen LogP) is 16.8. The average Bonchev–Trinajstić information content (AvgIpc) is 3.87. The van der Waals surface area contributed by atoms with Crippen molar-refractivity contribution in [2.45, 2.75) is 38.8 Å². The van der Waals surface area contributed by atoms with Gasteiger partial charge in [-0.05, 0) is 134 Å². The van der Waals surface area contributed by atoms with Gasteiger partial charge in [-0.2, -0.15) is 0 Å². The molecule has 2 heterocycles. The summed E-state index contributed by atoms with van der Waals surface area (Å²) < 4.78 is 0. The summed E-state index contributed by atoms with van der Waals surface area (Å²) in [6, 6.07) is 73.4. The highest BCUT2D eigenvalue weighted by Gasteiger charge is 2.37. The zero-order valence-electron chi connectivity index (χ0n) is 32.7. The molecule has 0 unspecified atom stereocenters. The van der Waals surface area contributed by atoms with E-state index in [2.05, 4.69) is 219 Å². The van der Waals surface area contributed by atoms with E-state index in [9.17, 15) is 0 Å². The Morgan fingerprint density at radius 2 is 0.763 bits per heavy atom. The molecule has 1 aliphatic heterocycles. The van der Waals surface area contributed by atoms with E-state index >= 15 is 0 Å². The van der Waals surface area contributed by atoms with E-state index in [4.69, 9.17) is 0 Å². The number of anilines is 3. The van der Waals surface area contributed by atoms with Crippen LogP contribution in [0.2, 0.25) is 0 Å². The Balaban J connectivity index is 0.900. The van der Waals surface area contributed by atoms with Gasteiger partial charge in [0.15, 0.2) is 0 Å². The molecule has 0 amide bonds. The molecule has 8 aromatic carbocycles. The number of thiophene rings is 1. The van der Waals surface area contributed by atoms with Crippen molar-refractivity contribution in [3.05, 3.63) is 211 Å². The van der Waals surface area contributed by atoms with Crippen molar-refractivity contribution in [2.75, 3.05) is 4.90 Å². The highest BCUT2D eigenvalue weighted by molar-refractivity contribution is 8.05. The van der Waals surface area contributed by atoms with Crippen LogP contribution in [-0.2, 0) is 5.41 Å². The Morgan fingerprint density at radius 3 is 1.31 bits per heavy atom. The van der Waals surface area contributed by atoms with Gasteiger partial charge in [0, 0.05) is 51.8 Å². The van der Waals surface area contributed by atoms with Gasteiger partial charge in [0.2, 0.25) is 0 Å². The maximum atomic E-state index is 2.46. The minimum absolute atomic E-state index is 0.0511. The maximum absolute atomic E-state index is 2.46. The van der Waals surface area contributed by atoms with Gasteiger partial charge in [-0.15, -0.1) is 11.3 Å². The van der Waals surface area contributed by atoms with Gasteiger partial charge in [-0.25, -0.2) is 0 Å². The van der Waals surface area contributed by atoms with E-state index in [1.807, 2.05) is 34.9 Å². The molecule has 0 bridgehead atoms. The van der Waals surface area contributed by atoms with Crippen molar-refractivity contribution in [3.8, 4) is 54.3 Å². The van der Waals surface area contributed by atoms with Gasteiger partial charge < -0.3 is 4.90 Å². The van der Waals surface area contributed by atoms with E-state index in [-0.39, 0.29) is 5.41 Å². The van der Waals surface area contributed by atoms with Crippen LogP contribution in [0.15, 0.2) is 220 Å². The van der Waals surface area contributed by atoms with Crippen LogP contribution < -0.4 is 4.90 Å². The third-order valence-corrected chi connectivity index (χ3v) is 15.5. The Hall–Kier alpha value is -6.04. The number of nitrogens with zero attached hydrogens (tertiary/aromatic N) is 1.